The molecular formula is C12H10F6O7S2. The predicted molar refractivity (Wildman–Crippen MR) is 77.2 cm³/mol. The fourth-order valence-corrected chi connectivity index (χ4v) is 3.38. The number of alkyl halides is 6. The summed E-state index contributed by atoms with van der Waals surface area (Å²) >= 11 is 0. The van der Waals surface area contributed by atoms with Crippen LogP contribution in [-0.2, 0) is 20.2 Å². The summed E-state index contributed by atoms with van der Waals surface area (Å²) in [4.78, 5) is 10.7. The zero-order valence-electron chi connectivity index (χ0n) is 13.2. The molecule has 27 heavy (non-hydrogen) atoms. The van der Waals surface area contributed by atoms with Gasteiger partial charge in [0.1, 0.15) is 12.0 Å². The third-order valence-corrected chi connectivity index (χ3v) is 5.36. The van der Waals surface area contributed by atoms with Crippen molar-refractivity contribution in [2.24, 2.45) is 0 Å². The molecule has 0 aliphatic rings. The summed E-state index contributed by atoms with van der Waals surface area (Å²) < 4.78 is 136. The van der Waals surface area contributed by atoms with Gasteiger partial charge in [0, 0.05) is 5.56 Å². The van der Waals surface area contributed by atoms with Gasteiger partial charge in [-0.1, -0.05) is 0 Å². The molecule has 0 spiro atoms. The lowest BCUT2D eigenvalue weighted by molar-refractivity contribution is -0.247. The number of hydrogen-bond acceptors (Lipinski definition) is 6. The SMILES string of the molecule is Cc1cc(C=O)cc(C)c1OS(=O)(=O)C(F)(F)C(F)(F)C(F)(F)S(=O)(=O)O. The van der Waals surface area contributed by atoms with Gasteiger partial charge in [-0.3, -0.25) is 9.35 Å². The first-order valence-corrected chi connectivity index (χ1v) is 9.29. The van der Waals surface area contributed by atoms with Gasteiger partial charge >= 0.3 is 36.7 Å². The lowest BCUT2D eigenvalue weighted by atomic mass is 10.1. The minimum absolute atomic E-state index is 0.0651. The van der Waals surface area contributed by atoms with Crippen LogP contribution >= 0.6 is 0 Å². The average Bonchev–Trinajstić information content (AvgIpc) is 2.48. The van der Waals surface area contributed by atoms with E-state index in [-0.39, 0.29) is 23.0 Å². The molecule has 0 aromatic heterocycles. The van der Waals surface area contributed by atoms with E-state index < -0.39 is 42.4 Å². The fourth-order valence-electron chi connectivity index (χ4n) is 1.83. The largest absolute Gasteiger partial charge is 0.450 e. The second-order valence-corrected chi connectivity index (χ2v) is 8.27. The van der Waals surface area contributed by atoms with Crippen molar-refractivity contribution >= 4 is 26.5 Å². The lowest BCUT2D eigenvalue weighted by Gasteiger charge is -2.30. The molecule has 0 amide bonds. The highest BCUT2D eigenvalue weighted by molar-refractivity contribution is 7.88. The van der Waals surface area contributed by atoms with Crippen molar-refractivity contribution in [1.82, 2.24) is 0 Å². The zero-order valence-corrected chi connectivity index (χ0v) is 14.8. The molecule has 0 fully saturated rings. The molecular weight excluding hydrogens is 434 g/mol. The highest BCUT2D eigenvalue weighted by atomic mass is 32.2. The van der Waals surface area contributed by atoms with Crippen LogP contribution < -0.4 is 4.18 Å². The lowest BCUT2D eigenvalue weighted by Crippen LogP contribution is -2.61. The molecule has 0 heterocycles. The maximum Gasteiger partial charge on any atom is 0.450 e. The molecule has 15 heteroatoms. The second-order valence-electron chi connectivity index (χ2n) is 5.22. The smallest absolute Gasteiger partial charge is 0.377 e. The van der Waals surface area contributed by atoms with Crippen molar-refractivity contribution in [2.75, 3.05) is 0 Å². The average molecular weight is 444 g/mol. The number of aryl methyl sites for hydroxylation is 2. The number of benzene rings is 1. The number of carbonyl (C=O) groups excluding carboxylic acids is 1. The van der Waals surface area contributed by atoms with E-state index in [0.29, 0.717) is 0 Å². The maximum absolute atomic E-state index is 13.7. The molecule has 0 saturated heterocycles. The van der Waals surface area contributed by atoms with Crippen LogP contribution in [0, 0.1) is 13.8 Å². The molecule has 1 aromatic carbocycles. The maximum atomic E-state index is 13.7. The zero-order chi connectivity index (χ0) is 21.6. The molecule has 7 nitrogen and oxygen atoms in total. The van der Waals surface area contributed by atoms with E-state index >= 15 is 0 Å². The third kappa shape index (κ3) is 3.62. The number of hydrogen-bond donors (Lipinski definition) is 1. The molecule has 1 rings (SSSR count). The van der Waals surface area contributed by atoms with Crippen LogP contribution in [-0.4, -0.2) is 44.1 Å². The predicted octanol–water partition coefficient (Wildman–Crippen LogP) is 2.53. The Hall–Kier alpha value is -1.87. The summed E-state index contributed by atoms with van der Waals surface area (Å²) in [5.41, 5.74) is -0.674. The van der Waals surface area contributed by atoms with Crippen molar-refractivity contribution in [1.29, 1.82) is 0 Å². The van der Waals surface area contributed by atoms with Gasteiger partial charge in [0.15, 0.2) is 0 Å². The van der Waals surface area contributed by atoms with Crippen molar-refractivity contribution < 1.29 is 56.7 Å². The minimum Gasteiger partial charge on any atom is -0.377 e. The topological polar surface area (TPSA) is 115 Å². The van der Waals surface area contributed by atoms with E-state index in [1.165, 1.54) is 0 Å². The normalized spacial score (nSPS) is 14.1. The summed E-state index contributed by atoms with van der Waals surface area (Å²) in [6.07, 6.45) is 0.285. The Morgan fingerprint density at radius 1 is 0.926 bits per heavy atom. The van der Waals surface area contributed by atoms with Gasteiger partial charge in [-0.2, -0.15) is 43.2 Å². The van der Waals surface area contributed by atoms with Crippen LogP contribution in [0.5, 0.6) is 5.75 Å². The van der Waals surface area contributed by atoms with E-state index in [1.54, 1.807) is 0 Å². The monoisotopic (exact) mass is 444 g/mol. The molecule has 0 radical (unpaired) electrons. The van der Waals surface area contributed by atoms with Crippen molar-refractivity contribution in [2.45, 2.75) is 30.3 Å². The third-order valence-electron chi connectivity index (χ3n) is 3.18. The summed E-state index contributed by atoms with van der Waals surface area (Å²) in [6, 6.07) is 1.85. The van der Waals surface area contributed by atoms with Crippen LogP contribution in [0.3, 0.4) is 0 Å². The van der Waals surface area contributed by atoms with Crippen LogP contribution in [0.4, 0.5) is 26.3 Å². The van der Waals surface area contributed by atoms with Gasteiger partial charge in [-0.25, -0.2) is 0 Å². The van der Waals surface area contributed by atoms with E-state index in [0.717, 1.165) is 26.0 Å². The number of aldehydes is 1. The summed E-state index contributed by atoms with van der Waals surface area (Å²) in [7, 11) is -14.0. The Labute approximate surface area is 148 Å². The summed E-state index contributed by atoms with van der Waals surface area (Å²) in [5.74, 6) is -8.07. The number of halogens is 6. The van der Waals surface area contributed by atoms with Crippen molar-refractivity contribution in [3.05, 3.63) is 28.8 Å². The summed E-state index contributed by atoms with van der Waals surface area (Å²) in [6.45, 7) is 2.07. The summed E-state index contributed by atoms with van der Waals surface area (Å²) in [5, 5.41) is -13.6. The molecule has 154 valence electrons. The molecule has 0 bridgehead atoms. The Bertz CT molecular complexity index is 947. The number of carbonyl (C=O) groups is 1. The van der Waals surface area contributed by atoms with Gasteiger partial charge in [-0.15, -0.1) is 0 Å². The van der Waals surface area contributed by atoms with E-state index in [4.69, 9.17) is 4.55 Å². The van der Waals surface area contributed by atoms with E-state index in [1.807, 2.05) is 0 Å². The van der Waals surface area contributed by atoms with Crippen LogP contribution in [0.2, 0.25) is 0 Å². The first-order chi connectivity index (χ1) is 11.8. The minimum atomic E-state index is -7.12. The van der Waals surface area contributed by atoms with Gasteiger partial charge < -0.3 is 4.18 Å². The highest BCUT2D eigenvalue weighted by Gasteiger charge is 2.83. The van der Waals surface area contributed by atoms with Crippen LogP contribution in [0.15, 0.2) is 12.1 Å². The van der Waals surface area contributed by atoms with Gasteiger partial charge in [0.2, 0.25) is 0 Å². The van der Waals surface area contributed by atoms with E-state index in [9.17, 15) is 48.0 Å². The Morgan fingerprint density at radius 2 is 1.33 bits per heavy atom. The van der Waals surface area contributed by atoms with Crippen LogP contribution in [0.25, 0.3) is 0 Å². The van der Waals surface area contributed by atoms with E-state index in [2.05, 4.69) is 4.18 Å². The van der Waals surface area contributed by atoms with Crippen molar-refractivity contribution in [3.63, 3.8) is 0 Å². The standard InChI is InChI=1S/C12H10F6O7S2/c1-6-3-8(5-19)4-7(2)9(6)25-27(23,24)12(17,18)10(13,14)11(15,16)26(20,21)22/h3-5H,1-2H3,(H,20,21,22). The van der Waals surface area contributed by atoms with Crippen molar-refractivity contribution in [3.8, 4) is 5.75 Å². The molecule has 0 aliphatic carbocycles. The Balaban J connectivity index is 3.53. The molecule has 0 atom stereocenters. The van der Waals surface area contributed by atoms with Gasteiger partial charge in [-0.05, 0) is 37.1 Å². The Morgan fingerprint density at radius 3 is 1.67 bits per heavy atom. The first-order valence-electron chi connectivity index (χ1n) is 6.44. The fraction of sp³-hybridized carbons (Fsp3) is 0.417. The molecule has 0 saturated carbocycles. The molecule has 1 N–H and O–H groups in total. The van der Waals surface area contributed by atoms with Gasteiger partial charge in [0.05, 0.1) is 0 Å². The Kier molecular flexibility index (Phi) is 5.69. The van der Waals surface area contributed by atoms with Gasteiger partial charge in [0.25, 0.3) is 0 Å². The molecule has 0 unspecified atom stereocenters. The first kappa shape index (κ1) is 23.2. The quantitative estimate of drug-likeness (QED) is 0.297. The number of rotatable bonds is 7. The van der Waals surface area contributed by atoms with Crippen LogP contribution in [0.1, 0.15) is 21.5 Å². The molecule has 0 aliphatic heterocycles. The highest BCUT2D eigenvalue weighted by Crippen LogP contribution is 2.51. The molecule has 1 aromatic rings. The second kappa shape index (κ2) is 6.63.